The molecule has 2 aromatic rings. The third-order valence-corrected chi connectivity index (χ3v) is 3.42. The largest absolute Gasteiger partial charge is 0.449 e. The van der Waals surface area contributed by atoms with Crippen LogP contribution in [0.25, 0.3) is 0 Å². The van der Waals surface area contributed by atoms with Gasteiger partial charge >= 0.3 is 5.97 Å². The fourth-order valence-electron chi connectivity index (χ4n) is 1.84. The molecule has 0 fully saturated rings. The van der Waals surface area contributed by atoms with Gasteiger partial charge in [0.15, 0.2) is 6.10 Å². The van der Waals surface area contributed by atoms with Crippen LogP contribution in [0.5, 0.6) is 0 Å². The second-order valence-corrected chi connectivity index (χ2v) is 5.23. The van der Waals surface area contributed by atoms with Crippen LogP contribution in [-0.4, -0.2) is 18.0 Å². The first-order valence-corrected chi connectivity index (χ1v) is 7.26. The van der Waals surface area contributed by atoms with E-state index in [-0.39, 0.29) is 5.02 Å². The number of nitriles is 1. The van der Waals surface area contributed by atoms with Gasteiger partial charge in [0.2, 0.25) is 0 Å². The highest BCUT2D eigenvalue weighted by Crippen LogP contribution is 2.20. The Morgan fingerprint density at radius 3 is 2.50 bits per heavy atom. The van der Waals surface area contributed by atoms with Gasteiger partial charge in [-0.2, -0.15) is 5.26 Å². The molecule has 2 rings (SSSR count). The molecule has 0 aliphatic carbocycles. The first-order chi connectivity index (χ1) is 11.4. The van der Waals surface area contributed by atoms with E-state index in [1.807, 2.05) is 6.07 Å². The van der Waals surface area contributed by atoms with Crippen molar-refractivity contribution >= 4 is 29.2 Å². The Labute approximate surface area is 142 Å². The second-order valence-electron chi connectivity index (χ2n) is 4.82. The molecular formula is C17H12ClFN2O3. The molecule has 0 unspecified atom stereocenters. The molecule has 0 aliphatic rings. The third kappa shape index (κ3) is 4.09. The summed E-state index contributed by atoms with van der Waals surface area (Å²) in [6, 6.07) is 11.9. The number of benzene rings is 2. The number of nitrogens with zero attached hydrogens (tertiary/aromatic N) is 1. The van der Waals surface area contributed by atoms with Crippen molar-refractivity contribution in [2.45, 2.75) is 13.0 Å². The van der Waals surface area contributed by atoms with Crippen LogP contribution in [0, 0.1) is 17.1 Å². The summed E-state index contributed by atoms with van der Waals surface area (Å²) in [4.78, 5) is 24.0. The number of amides is 1. The highest BCUT2D eigenvalue weighted by molar-refractivity contribution is 6.33. The van der Waals surface area contributed by atoms with E-state index in [1.165, 1.54) is 31.2 Å². The van der Waals surface area contributed by atoms with Crippen LogP contribution in [0.15, 0.2) is 42.5 Å². The number of anilines is 1. The predicted octanol–water partition coefficient (Wildman–Crippen LogP) is 3.53. The van der Waals surface area contributed by atoms with Crippen molar-refractivity contribution in [3.8, 4) is 6.07 Å². The minimum atomic E-state index is -1.16. The Hall–Kier alpha value is -2.91. The molecule has 24 heavy (non-hydrogen) atoms. The molecule has 1 atom stereocenters. The maximum absolute atomic E-state index is 13.7. The maximum atomic E-state index is 13.7. The van der Waals surface area contributed by atoms with Crippen LogP contribution in [0.2, 0.25) is 5.02 Å². The molecule has 0 aliphatic heterocycles. The molecule has 2 aromatic carbocycles. The Bertz CT molecular complexity index is 795. The summed E-state index contributed by atoms with van der Waals surface area (Å²) in [5.74, 6) is -2.45. The predicted molar refractivity (Wildman–Crippen MR) is 86.1 cm³/mol. The van der Waals surface area contributed by atoms with Crippen molar-refractivity contribution in [1.29, 1.82) is 5.26 Å². The molecular weight excluding hydrogens is 335 g/mol. The highest BCUT2D eigenvalue weighted by Gasteiger charge is 2.23. The molecule has 0 saturated carbocycles. The van der Waals surface area contributed by atoms with E-state index in [0.717, 1.165) is 6.07 Å². The lowest BCUT2D eigenvalue weighted by atomic mass is 10.2. The molecule has 0 radical (unpaired) electrons. The monoisotopic (exact) mass is 346 g/mol. The van der Waals surface area contributed by atoms with Gasteiger partial charge in [-0.05, 0) is 43.3 Å². The quantitative estimate of drug-likeness (QED) is 0.859. The van der Waals surface area contributed by atoms with E-state index in [2.05, 4.69) is 5.32 Å². The van der Waals surface area contributed by atoms with E-state index in [0.29, 0.717) is 11.3 Å². The van der Waals surface area contributed by atoms with Crippen LogP contribution in [0.3, 0.4) is 0 Å². The minimum Gasteiger partial charge on any atom is -0.449 e. The lowest BCUT2D eigenvalue weighted by molar-refractivity contribution is -0.123. The van der Waals surface area contributed by atoms with Crippen molar-refractivity contribution in [3.63, 3.8) is 0 Å². The van der Waals surface area contributed by atoms with Gasteiger partial charge in [-0.25, -0.2) is 9.18 Å². The Kier molecular flexibility index (Phi) is 5.51. The molecule has 0 saturated heterocycles. The van der Waals surface area contributed by atoms with E-state index < -0.39 is 29.4 Å². The summed E-state index contributed by atoms with van der Waals surface area (Å²) in [6.45, 7) is 1.35. The van der Waals surface area contributed by atoms with Crippen LogP contribution in [0.1, 0.15) is 22.8 Å². The van der Waals surface area contributed by atoms with Crippen molar-refractivity contribution in [3.05, 3.63) is 64.4 Å². The van der Waals surface area contributed by atoms with Crippen LogP contribution >= 0.6 is 11.6 Å². The topological polar surface area (TPSA) is 79.2 Å². The van der Waals surface area contributed by atoms with E-state index >= 15 is 0 Å². The zero-order chi connectivity index (χ0) is 17.7. The van der Waals surface area contributed by atoms with E-state index in [1.54, 1.807) is 12.1 Å². The molecule has 5 nitrogen and oxygen atoms in total. The molecule has 7 heteroatoms. The van der Waals surface area contributed by atoms with Gasteiger partial charge in [0.1, 0.15) is 11.4 Å². The molecule has 122 valence electrons. The van der Waals surface area contributed by atoms with Gasteiger partial charge in [-0.1, -0.05) is 17.7 Å². The lowest BCUT2D eigenvalue weighted by Gasteiger charge is -2.14. The van der Waals surface area contributed by atoms with Crippen molar-refractivity contribution in [2.24, 2.45) is 0 Å². The highest BCUT2D eigenvalue weighted by atomic mass is 35.5. The first kappa shape index (κ1) is 17.4. The summed E-state index contributed by atoms with van der Waals surface area (Å²) in [6.07, 6.45) is -1.16. The van der Waals surface area contributed by atoms with Crippen LogP contribution < -0.4 is 5.32 Å². The van der Waals surface area contributed by atoms with Crippen molar-refractivity contribution in [2.75, 3.05) is 5.32 Å². The number of nitrogens with one attached hydrogen (secondary N) is 1. The minimum absolute atomic E-state index is 0.0975. The number of esters is 1. The van der Waals surface area contributed by atoms with Crippen LogP contribution in [-0.2, 0) is 9.53 Å². The van der Waals surface area contributed by atoms with Crippen LogP contribution in [0.4, 0.5) is 10.1 Å². The normalized spacial score (nSPS) is 11.2. The Morgan fingerprint density at radius 2 is 1.92 bits per heavy atom. The number of halogens is 2. The fourth-order valence-corrected chi connectivity index (χ4v) is 2.08. The number of rotatable bonds is 4. The van der Waals surface area contributed by atoms with E-state index in [9.17, 15) is 14.0 Å². The summed E-state index contributed by atoms with van der Waals surface area (Å²) in [7, 11) is 0. The summed E-state index contributed by atoms with van der Waals surface area (Å²) >= 11 is 5.78. The van der Waals surface area contributed by atoms with Gasteiger partial charge in [0, 0.05) is 5.69 Å². The number of carbonyl (C=O) groups excluding carboxylic acids is 2. The van der Waals surface area contributed by atoms with Gasteiger partial charge in [-0.3, -0.25) is 4.79 Å². The zero-order valence-electron chi connectivity index (χ0n) is 12.5. The number of hydrogen-bond donors (Lipinski definition) is 1. The summed E-state index contributed by atoms with van der Waals surface area (Å²) in [5.41, 5.74) is 0.463. The standard InChI is InChI=1S/C17H12ClFN2O3/c1-10(16(22)21-12-7-5-11(9-20)6-8-12)24-17(23)15-13(18)3-2-4-14(15)19/h2-8,10H,1H3,(H,21,22)/t10-/m1/s1. The third-order valence-electron chi connectivity index (χ3n) is 3.10. The second kappa shape index (κ2) is 7.57. The first-order valence-electron chi connectivity index (χ1n) is 6.88. The number of hydrogen-bond acceptors (Lipinski definition) is 4. The zero-order valence-corrected chi connectivity index (χ0v) is 13.3. The SMILES string of the molecule is C[C@@H](OC(=O)c1c(F)cccc1Cl)C(=O)Nc1ccc(C#N)cc1. The molecule has 0 heterocycles. The molecule has 0 bridgehead atoms. The van der Waals surface area contributed by atoms with Gasteiger partial charge < -0.3 is 10.1 Å². The Morgan fingerprint density at radius 1 is 1.25 bits per heavy atom. The van der Waals surface area contributed by atoms with Gasteiger partial charge in [0.25, 0.3) is 5.91 Å². The average molecular weight is 347 g/mol. The van der Waals surface area contributed by atoms with Gasteiger partial charge in [0.05, 0.1) is 16.7 Å². The van der Waals surface area contributed by atoms with Crippen molar-refractivity contribution < 1.29 is 18.7 Å². The number of ether oxygens (including phenoxy) is 1. The van der Waals surface area contributed by atoms with Gasteiger partial charge in [-0.15, -0.1) is 0 Å². The smallest absolute Gasteiger partial charge is 0.343 e. The fraction of sp³-hybridized carbons (Fsp3) is 0.118. The Balaban J connectivity index is 2.03. The lowest BCUT2D eigenvalue weighted by Crippen LogP contribution is -2.30. The van der Waals surface area contributed by atoms with E-state index in [4.69, 9.17) is 21.6 Å². The summed E-state index contributed by atoms with van der Waals surface area (Å²) in [5, 5.41) is 11.1. The number of carbonyl (C=O) groups is 2. The maximum Gasteiger partial charge on any atom is 0.343 e. The molecule has 0 aromatic heterocycles. The van der Waals surface area contributed by atoms with Crippen molar-refractivity contribution in [1.82, 2.24) is 0 Å². The molecule has 1 amide bonds. The average Bonchev–Trinajstić information content (AvgIpc) is 2.55. The molecule has 1 N–H and O–H groups in total. The summed E-state index contributed by atoms with van der Waals surface area (Å²) < 4.78 is 18.6. The molecule has 0 spiro atoms.